The SMILES string of the molecule is Cc1nc(CNC(=O)c2cccc(Br)c2C)cs1. The number of hydrogen-bond donors (Lipinski definition) is 1. The van der Waals surface area contributed by atoms with Crippen LogP contribution in [0.1, 0.15) is 26.6 Å². The molecule has 0 aliphatic carbocycles. The Labute approximate surface area is 118 Å². The monoisotopic (exact) mass is 324 g/mol. The largest absolute Gasteiger partial charge is 0.346 e. The summed E-state index contributed by atoms with van der Waals surface area (Å²) in [6.45, 7) is 4.34. The maximum atomic E-state index is 12.0. The van der Waals surface area contributed by atoms with Crippen molar-refractivity contribution in [3.8, 4) is 0 Å². The van der Waals surface area contributed by atoms with Gasteiger partial charge in [-0.25, -0.2) is 4.98 Å². The van der Waals surface area contributed by atoms with Crippen molar-refractivity contribution in [1.29, 1.82) is 0 Å². The molecule has 94 valence electrons. The summed E-state index contributed by atoms with van der Waals surface area (Å²) in [5, 5.41) is 5.85. The lowest BCUT2D eigenvalue weighted by Gasteiger charge is -2.07. The zero-order valence-corrected chi connectivity index (χ0v) is 12.6. The maximum absolute atomic E-state index is 12.0. The van der Waals surface area contributed by atoms with Crippen molar-refractivity contribution in [2.75, 3.05) is 0 Å². The molecule has 0 aliphatic heterocycles. The van der Waals surface area contributed by atoms with Crippen molar-refractivity contribution in [2.45, 2.75) is 20.4 Å². The van der Waals surface area contributed by atoms with Gasteiger partial charge in [0.05, 0.1) is 17.2 Å². The first kappa shape index (κ1) is 13.2. The molecule has 1 amide bonds. The molecule has 18 heavy (non-hydrogen) atoms. The van der Waals surface area contributed by atoms with E-state index in [9.17, 15) is 4.79 Å². The fourth-order valence-electron chi connectivity index (χ4n) is 1.61. The molecule has 3 nitrogen and oxygen atoms in total. The fourth-order valence-corrected chi connectivity index (χ4v) is 2.59. The summed E-state index contributed by atoms with van der Waals surface area (Å²) in [6.07, 6.45) is 0. The third-order valence-corrected chi connectivity index (χ3v) is 4.29. The van der Waals surface area contributed by atoms with E-state index < -0.39 is 0 Å². The zero-order chi connectivity index (χ0) is 13.1. The van der Waals surface area contributed by atoms with Crippen LogP contribution >= 0.6 is 27.3 Å². The Morgan fingerprint density at radius 1 is 1.44 bits per heavy atom. The lowest BCUT2D eigenvalue weighted by Crippen LogP contribution is -2.23. The minimum absolute atomic E-state index is 0.0700. The van der Waals surface area contributed by atoms with E-state index in [1.54, 1.807) is 11.3 Å². The van der Waals surface area contributed by atoms with Gasteiger partial charge in [-0.3, -0.25) is 4.79 Å². The number of aromatic nitrogens is 1. The second-order valence-electron chi connectivity index (χ2n) is 3.95. The number of benzene rings is 1. The highest BCUT2D eigenvalue weighted by Gasteiger charge is 2.10. The van der Waals surface area contributed by atoms with Gasteiger partial charge in [-0.05, 0) is 31.5 Å². The van der Waals surface area contributed by atoms with Crippen molar-refractivity contribution >= 4 is 33.2 Å². The summed E-state index contributed by atoms with van der Waals surface area (Å²) >= 11 is 5.01. The Kier molecular flexibility index (Phi) is 4.14. The number of rotatable bonds is 3. The smallest absolute Gasteiger partial charge is 0.251 e. The van der Waals surface area contributed by atoms with Crippen LogP contribution in [0.2, 0.25) is 0 Å². The molecule has 0 unspecified atom stereocenters. The third kappa shape index (κ3) is 2.97. The Hall–Kier alpha value is -1.20. The van der Waals surface area contributed by atoms with E-state index in [2.05, 4.69) is 26.2 Å². The predicted molar refractivity (Wildman–Crippen MR) is 76.9 cm³/mol. The number of nitrogens with zero attached hydrogens (tertiary/aromatic N) is 1. The molecule has 1 aromatic heterocycles. The Morgan fingerprint density at radius 2 is 2.22 bits per heavy atom. The van der Waals surface area contributed by atoms with Crippen LogP contribution in [0.3, 0.4) is 0 Å². The van der Waals surface area contributed by atoms with Crippen LogP contribution < -0.4 is 5.32 Å². The highest BCUT2D eigenvalue weighted by Crippen LogP contribution is 2.19. The van der Waals surface area contributed by atoms with E-state index in [-0.39, 0.29) is 5.91 Å². The molecule has 0 radical (unpaired) electrons. The van der Waals surface area contributed by atoms with Gasteiger partial charge in [0.2, 0.25) is 0 Å². The summed E-state index contributed by atoms with van der Waals surface area (Å²) < 4.78 is 0.944. The lowest BCUT2D eigenvalue weighted by molar-refractivity contribution is 0.0950. The molecular weight excluding hydrogens is 312 g/mol. The molecule has 0 fully saturated rings. The summed E-state index contributed by atoms with van der Waals surface area (Å²) in [7, 11) is 0. The van der Waals surface area contributed by atoms with E-state index >= 15 is 0 Å². The minimum atomic E-state index is -0.0700. The summed E-state index contributed by atoms with van der Waals surface area (Å²) in [6, 6.07) is 5.61. The Bertz CT molecular complexity index is 580. The van der Waals surface area contributed by atoms with E-state index in [1.807, 2.05) is 37.4 Å². The molecular formula is C13H13BrN2OS. The number of nitrogens with one attached hydrogen (secondary N) is 1. The molecule has 0 saturated carbocycles. The predicted octanol–water partition coefficient (Wildman–Crippen LogP) is 3.45. The van der Waals surface area contributed by atoms with Crippen LogP contribution in [0.25, 0.3) is 0 Å². The average Bonchev–Trinajstić information content (AvgIpc) is 2.76. The number of carbonyl (C=O) groups is 1. The van der Waals surface area contributed by atoms with Crippen LogP contribution in [0, 0.1) is 13.8 Å². The van der Waals surface area contributed by atoms with Crippen LogP contribution in [0.4, 0.5) is 0 Å². The quantitative estimate of drug-likeness (QED) is 0.939. The highest BCUT2D eigenvalue weighted by molar-refractivity contribution is 9.10. The molecule has 1 heterocycles. The molecule has 0 bridgehead atoms. The zero-order valence-electron chi connectivity index (χ0n) is 10.2. The van der Waals surface area contributed by atoms with Crippen LogP contribution in [0.5, 0.6) is 0 Å². The van der Waals surface area contributed by atoms with E-state index in [0.717, 1.165) is 20.7 Å². The first-order chi connectivity index (χ1) is 8.58. The molecule has 1 N–H and O–H groups in total. The molecule has 5 heteroatoms. The van der Waals surface area contributed by atoms with Gasteiger partial charge in [0.25, 0.3) is 5.91 Å². The van der Waals surface area contributed by atoms with Crippen molar-refractivity contribution in [2.24, 2.45) is 0 Å². The van der Waals surface area contributed by atoms with Crippen molar-refractivity contribution in [1.82, 2.24) is 10.3 Å². The van der Waals surface area contributed by atoms with Gasteiger partial charge in [0.1, 0.15) is 0 Å². The number of halogens is 1. The van der Waals surface area contributed by atoms with Gasteiger partial charge < -0.3 is 5.32 Å². The van der Waals surface area contributed by atoms with E-state index in [1.165, 1.54) is 0 Å². The van der Waals surface area contributed by atoms with E-state index in [0.29, 0.717) is 12.1 Å². The second-order valence-corrected chi connectivity index (χ2v) is 5.87. The van der Waals surface area contributed by atoms with Crippen LogP contribution in [0.15, 0.2) is 28.1 Å². The number of hydrogen-bond acceptors (Lipinski definition) is 3. The molecule has 2 rings (SSSR count). The Morgan fingerprint density at radius 3 is 2.89 bits per heavy atom. The van der Waals surface area contributed by atoms with Gasteiger partial charge in [-0.2, -0.15) is 0 Å². The number of carbonyl (C=O) groups excluding carboxylic acids is 1. The second kappa shape index (κ2) is 5.63. The molecule has 0 spiro atoms. The van der Waals surface area contributed by atoms with Gasteiger partial charge >= 0.3 is 0 Å². The lowest BCUT2D eigenvalue weighted by atomic mass is 10.1. The third-order valence-electron chi connectivity index (χ3n) is 2.61. The average molecular weight is 325 g/mol. The highest BCUT2D eigenvalue weighted by atomic mass is 79.9. The fraction of sp³-hybridized carbons (Fsp3) is 0.231. The number of aryl methyl sites for hydroxylation is 1. The van der Waals surface area contributed by atoms with Gasteiger partial charge in [-0.1, -0.05) is 22.0 Å². The number of amides is 1. The standard InChI is InChI=1S/C13H13BrN2OS/c1-8-11(4-3-5-12(8)14)13(17)15-6-10-7-18-9(2)16-10/h3-5,7H,6H2,1-2H3,(H,15,17). The minimum Gasteiger partial charge on any atom is -0.346 e. The Balaban J connectivity index is 2.06. The van der Waals surface area contributed by atoms with Gasteiger partial charge in [0.15, 0.2) is 0 Å². The topological polar surface area (TPSA) is 42.0 Å². The summed E-state index contributed by atoms with van der Waals surface area (Å²) in [4.78, 5) is 16.4. The van der Waals surface area contributed by atoms with Crippen molar-refractivity contribution in [3.05, 3.63) is 49.9 Å². The van der Waals surface area contributed by atoms with Crippen molar-refractivity contribution < 1.29 is 4.79 Å². The van der Waals surface area contributed by atoms with E-state index in [4.69, 9.17) is 0 Å². The normalized spacial score (nSPS) is 10.4. The van der Waals surface area contributed by atoms with Crippen LogP contribution in [-0.2, 0) is 6.54 Å². The number of thiazole rings is 1. The summed E-state index contributed by atoms with van der Waals surface area (Å²) in [5.74, 6) is -0.0700. The summed E-state index contributed by atoms with van der Waals surface area (Å²) in [5.41, 5.74) is 2.54. The molecule has 1 aromatic carbocycles. The van der Waals surface area contributed by atoms with Crippen molar-refractivity contribution in [3.63, 3.8) is 0 Å². The maximum Gasteiger partial charge on any atom is 0.251 e. The molecule has 2 aromatic rings. The molecule has 0 saturated heterocycles. The molecule has 0 atom stereocenters. The molecule has 0 aliphatic rings. The van der Waals surface area contributed by atoms with Crippen LogP contribution in [-0.4, -0.2) is 10.9 Å². The van der Waals surface area contributed by atoms with Gasteiger partial charge in [-0.15, -0.1) is 11.3 Å². The van der Waals surface area contributed by atoms with Gasteiger partial charge in [0, 0.05) is 15.4 Å². The first-order valence-electron chi connectivity index (χ1n) is 5.52. The first-order valence-corrected chi connectivity index (χ1v) is 7.19.